The summed E-state index contributed by atoms with van der Waals surface area (Å²) in [5, 5.41) is 8.91. The number of nitrogens with zero attached hydrogens (tertiary/aromatic N) is 1. The molecular weight excluding hydrogens is 254 g/mol. The van der Waals surface area contributed by atoms with Gasteiger partial charge in [-0.05, 0) is 12.8 Å². The first-order chi connectivity index (χ1) is 8.26. The molecule has 0 aromatic rings. The molecule has 0 aromatic carbocycles. The zero-order valence-electron chi connectivity index (χ0n) is 11.3. The Morgan fingerprint density at radius 3 is 2.56 bits per heavy atom. The molecule has 1 fully saturated rings. The molecule has 1 aliphatic heterocycles. The molecular formula is C12H23NO4S. The summed E-state index contributed by atoms with van der Waals surface area (Å²) in [7, 11) is -3.08. The van der Waals surface area contributed by atoms with Crippen LogP contribution >= 0.6 is 0 Å². The van der Waals surface area contributed by atoms with E-state index in [1.54, 1.807) is 0 Å². The first-order valence-corrected chi connectivity index (χ1v) is 8.27. The summed E-state index contributed by atoms with van der Waals surface area (Å²) in [5.74, 6) is -0.384. The molecule has 6 heteroatoms. The van der Waals surface area contributed by atoms with Crippen molar-refractivity contribution in [2.45, 2.75) is 45.7 Å². The standard InChI is InChI=1S/C12H23NO4S/c1-4-9(2)10(3)13-5-6-18(16,17)8-11(13)7-12(14)15/h9-11H,4-8H2,1-3H3,(H,14,15). The van der Waals surface area contributed by atoms with E-state index in [-0.39, 0.29) is 30.0 Å². The lowest BCUT2D eigenvalue weighted by atomic mass is 9.97. The highest BCUT2D eigenvalue weighted by Gasteiger charge is 2.36. The van der Waals surface area contributed by atoms with Gasteiger partial charge in [0.25, 0.3) is 0 Å². The minimum Gasteiger partial charge on any atom is -0.481 e. The third-order valence-electron chi connectivity index (χ3n) is 3.98. The molecule has 1 aliphatic rings. The average Bonchev–Trinajstić information content (AvgIpc) is 2.25. The maximum Gasteiger partial charge on any atom is 0.304 e. The summed E-state index contributed by atoms with van der Waals surface area (Å²) in [6.45, 7) is 6.71. The van der Waals surface area contributed by atoms with E-state index < -0.39 is 15.8 Å². The lowest BCUT2D eigenvalue weighted by Crippen LogP contribution is -2.54. The highest BCUT2D eigenvalue weighted by atomic mass is 32.2. The van der Waals surface area contributed by atoms with Gasteiger partial charge in [-0.3, -0.25) is 9.69 Å². The van der Waals surface area contributed by atoms with Crippen LogP contribution in [0.25, 0.3) is 0 Å². The Hall–Kier alpha value is -0.620. The van der Waals surface area contributed by atoms with Crippen LogP contribution in [0.15, 0.2) is 0 Å². The molecule has 3 unspecified atom stereocenters. The first-order valence-electron chi connectivity index (χ1n) is 6.44. The zero-order chi connectivity index (χ0) is 13.9. The van der Waals surface area contributed by atoms with Crippen LogP contribution in [-0.4, -0.2) is 54.5 Å². The molecule has 0 aliphatic carbocycles. The quantitative estimate of drug-likeness (QED) is 0.811. The fourth-order valence-electron chi connectivity index (χ4n) is 2.48. The summed E-state index contributed by atoms with van der Waals surface area (Å²) >= 11 is 0. The van der Waals surface area contributed by atoms with E-state index >= 15 is 0 Å². The molecule has 1 rings (SSSR count). The normalized spacial score (nSPS) is 27.6. The summed E-state index contributed by atoms with van der Waals surface area (Å²) in [6, 6.07) is -0.167. The van der Waals surface area contributed by atoms with Gasteiger partial charge in [0.05, 0.1) is 17.9 Å². The predicted octanol–water partition coefficient (Wildman–Crippen LogP) is 0.995. The molecule has 0 saturated carbocycles. The van der Waals surface area contributed by atoms with E-state index in [2.05, 4.69) is 25.7 Å². The van der Waals surface area contributed by atoms with Crippen LogP contribution in [0.2, 0.25) is 0 Å². The monoisotopic (exact) mass is 277 g/mol. The van der Waals surface area contributed by atoms with Gasteiger partial charge < -0.3 is 5.11 Å². The number of hydrogen-bond acceptors (Lipinski definition) is 4. The maximum atomic E-state index is 11.6. The van der Waals surface area contributed by atoms with Crippen molar-refractivity contribution in [3.05, 3.63) is 0 Å². The predicted molar refractivity (Wildman–Crippen MR) is 70.3 cm³/mol. The van der Waals surface area contributed by atoms with Crippen LogP contribution in [0.1, 0.15) is 33.6 Å². The Kier molecular flexibility index (Phi) is 5.16. The second-order valence-electron chi connectivity index (χ2n) is 5.23. The highest BCUT2D eigenvalue weighted by Crippen LogP contribution is 2.23. The van der Waals surface area contributed by atoms with E-state index in [0.717, 1.165) is 6.42 Å². The van der Waals surface area contributed by atoms with Gasteiger partial charge in [0.2, 0.25) is 0 Å². The van der Waals surface area contributed by atoms with Crippen molar-refractivity contribution in [2.75, 3.05) is 18.1 Å². The molecule has 106 valence electrons. The van der Waals surface area contributed by atoms with Gasteiger partial charge in [-0.1, -0.05) is 20.3 Å². The van der Waals surface area contributed by atoms with Crippen molar-refractivity contribution < 1.29 is 18.3 Å². The summed E-state index contributed by atoms with van der Waals surface area (Å²) in [4.78, 5) is 12.9. The van der Waals surface area contributed by atoms with Crippen LogP contribution in [0.4, 0.5) is 0 Å². The van der Waals surface area contributed by atoms with Gasteiger partial charge in [0, 0.05) is 18.6 Å². The average molecular weight is 277 g/mol. The second kappa shape index (κ2) is 6.02. The largest absolute Gasteiger partial charge is 0.481 e. The van der Waals surface area contributed by atoms with Gasteiger partial charge in [-0.15, -0.1) is 0 Å². The smallest absolute Gasteiger partial charge is 0.304 e. The van der Waals surface area contributed by atoms with Gasteiger partial charge in [0.15, 0.2) is 9.84 Å². The molecule has 18 heavy (non-hydrogen) atoms. The van der Waals surface area contributed by atoms with E-state index in [1.807, 2.05) is 0 Å². The topological polar surface area (TPSA) is 74.7 Å². The van der Waals surface area contributed by atoms with E-state index in [9.17, 15) is 13.2 Å². The molecule has 0 radical (unpaired) electrons. The van der Waals surface area contributed by atoms with E-state index in [1.165, 1.54) is 0 Å². The molecule has 1 N–H and O–H groups in total. The Morgan fingerprint density at radius 2 is 2.06 bits per heavy atom. The highest BCUT2D eigenvalue weighted by molar-refractivity contribution is 7.91. The minimum atomic E-state index is -3.08. The molecule has 1 saturated heterocycles. The van der Waals surface area contributed by atoms with E-state index in [4.69, 9.17) is 5.11 Å². The van der Waals surface area contributed by atoms with E-state index in [0.29, 0.717) is 12.5 Å². The second-order valence-corrected chi connectivity index (χ2v) is 7.46. The van der Waals surface area contributed by atoms with Crippen LogP contribution in [0.5, 0.6) is 0 Å². The van der Waals surface area contributed by atoms with Crippen LogP contribution in [-0.2, 0) is 14.6 Å². The summed E-state index contributed by atoms with van der Waals surface area (Å²) < 4.78 is 23.3. The number of carboxylic acid groups (broad SMARTS) is 1. The van der Waals surface area contributed by atoms with Crippen molar-refractivity contribution in [1.29, 1.82) is 0 Å². The fraction of sp³-hybridized carbons (Fsp3) is 0.917. The molecule has 5 nitrogen and oxygen atoms in total. The van der Waals surface area contributed by atoms with Crippen LogP contribution < -0.4 is 0 Å². The van der Waals surface area contributed by atoms with Gasteiger partial charge >= 0.3 is 5.97 Å². The fourth-order valence-corrected chi connectivity index (χ4v) is 4.03. The Bertz CT molecular complexity index is 393. The molecule has 0 bridgehead atoms. The number of rotatable bonds is 5. The Balaban J connectivity index is 2.84. The number of carbonyl (C=O) groups is 1. The SMILES string of the molecule is CCC(C)C(C)N1CCS(=O)(=O)CC1CC(=O)O. The van der Waals surface area contributed by atoms with Crippen molar-refractivity contribution in [2.24, 2.45) is 5.92 Å². The molecule has 0 aromatic heterocycles. The minimum absolute atomic E-state index is 0.0277. The summed E-state index contributed by atoms with van der Waals surface area (Å²) in [5.41, 5.74) is 0. The number of aliphatic carboxylic acids is 1. The third-order valence-corrected chi connectivity index (χ3v) is 5.67. The Morgan fingerprint density at radius 1 is 1.44 bits per heavy atom. The van der Waals surface area contributed by atoms with Gasteiger partial charge in [-0.2, -0.15) is 0 Å². The maximum absolute atomic E-state index is 11.6. The summed E-state index contributed by atoms with van der Waals surface area (Å²) in [6.07, 6.45) is 0.907. The molecule has 0 amide bonds. The zero-order valence-corrected chi connectivity index (χ0v) is 12.1. The molecule has 0 spiro atoms. The lowest BCUT2D eigenvalue weighted by Gasteiger charge is -2.41. The Labute approximate surface area is 109 Å². The van der Waals surface area contributed by atoms with Crippen LogP contribution in [0, 0.1) is 5.92 Å². The van der Waals surface area contributed by atoms with Gasteiger partial charge in [0.1, 0.15) is 0 Å². The van der Waals surface area contributed by atoms with Crippen LogP contribution in [0.3, 0.4) is 0 Å². The number of carboxylic acids is 1. The van der Waals surface area contributed by atoms with Crippen molar-refractivity contribution in [3.63, 3.8) is 0 Å². The number of hydrogen-bond donors (Lipinski definition) is 1. The first kappa shape index (κ1) is 15.4. The van der Waals surface area contributed by atoms with Crippen molar-refractivity contribution >= 4 is 15.8 Å². The lowest BCUT2D eigenvalue weighted by molar-refractivity contribution is -0.138. The number of sulfone groups is 1. The molecule has 1 heterocycles. The van der Waals surface area contributed by atoms with Crippen molar-refractivity contribution in [3.8, 4) is 0 Å². The third kappa shape index (κ3) is 3.95. The van der Waals surface area contributed by atoms with Crippen molar-refractivity contribution in [1.82, 2.24) is 4.90 Å². The van der Waals surface area contributed by atoms with Gasteiger partial charge in [-0.25, -0.2) is 8.42 Å². The molecule has 3 atom stereocenters.